The molecule has 0 saturated heterocycles. The Bertz CT molecular complexity index is 221. The molecule has 59 valence electrons. The molecule has 1 rings (SSSR count). The summed E-state index contributed by atoms with van der Waals surface area (Å²) < 4.78 is 5.00. The Kier molecular flexibility index (Phi) is 2.93. The van der Waals surface area contributed by atoms with Gasteiger partial charge in [-0.15, -0.1) is 0 Å². The Morgan fingerprint density at radius 2 is 2.27 bits per heavy atom. The van der Waals surface area contributed by atoms with Crippen LogP contribution in [0.25, 0.3) is 0 Å². The topological polar surface area (TPSA) is 29.1 Å². The third-order valence-corrected chi connectivity index (χ3v) is 1.52. The first-order valence-electron chi connectivity index (χ1n) is 3.58. The number of rotatable bonds is 3. The maximum absolute atomic E-state index is 10.3. The molecule has 2 heteroatoms. The van der Waals surface area contributed by atoms with Crippen molar-refractivity contribution in [1.82, 2.24) is 0 Å². The van der Waals surface area contributed by atoms with Crippen LogP contribution in [0.3, 0.4) is 0 Å². The van der Waals surface area contributed by atoms with Crippen molar-refractivity contribution < 1.29 is 9.84 Å². The highest BCUT2D eigenvalue weighted by atomic mass is 16.5. The summed E-state index contributed by atoms with van der Waals surface area (Å²) in [5, 5.41) is 10.3. The average molecular weight is 151 g/mol. The van der Waals surface area contributed by atoms with Gasteiger partial charge in [0.2, 0.25) is 0 Å². The van der Waals surface area contributed by atoms with Gasteiger partial charge in [-0.2, -0.15) is 0 Å². The van der Waals surface area contributed by atoms with E-state index in [2.05, 4.69) is 0 Å². The molecule has 1 aromatic carbocycles. The van der Waals surface area contributed by atoms with Crippen LogP contribution >= 0.6 is 0 Å². The lowest BCUT2D eigenvalue weighted by Gasteiger charge is -2.01. The molecule has 0 spiro atoms. The van der Waals surface area contributed by atoms with Crippen LogP contribution < -0.4 is 4.74 Å². The first-order chi connectivity index (χ1) is 5.36. The molecule has 0 aliphatic heterocycles. The van der Waals surface area contributed by atoms with Crippen LogP contribution in [0.1, 0.15) is 5.56 Å². The second-order valence-electron chi connectivity index (χ2n) is 2.31. The molecule has 2 nitrogen and oxygen atoms in total. The van der Waals surface area contributed by atoms with Gasteiger partial charge in [0, 0.05) is 0 Å². The molecule has 0 amide bonds. The third-order valence-electron chi connectivity index (χ3n) is 1.52. The van der Waals surface area contributed by atoms with E-state index in [0.717, 1.165) is 11.3 Å². The Hall–Kier alpha value is -1.02. The van der Waals surface area contributed by atoms with E-state index in [1.807, 2.05) is 24.3 Å². The molecule has 11 heavy (non-hydrogen) atoms. The number of methoxy groups -OCH3 is 1. The maximum atomic E-state index is 10.3. The molecule has 0 aliphatic rings. The van der Waals surface area contributed by atoms with Crippen LogP contribution in [0, 0.1) is 0 Å². The third kappa shape index (κ3) is 2.24. The highest BCUT2D eigenvalue weighted by Gasteiger charge is 1.93. The van der Waals surface area contributed by atoms with E-state index in [-0.39, 0.29) is 6.61 Å². The van der Waals surface area contributed by atoms with Crippen LogP contribution in [0.5, 0.6) is 5.75 Å². The van der Waals surface area contributed by atoms with Crippen molar-refractivity contribution in [2.75, 3.05) is 13.7 Å². The van der Waals surface area contributed by atoms with Crippen molar-refractivity contribution in [1.29, 1.82) is 0 Å². The normalized spacial score (nSPS) is 9.64. The zero-order valence-corrected chi connectivity index (χ0v) is 6.54. The quantitative estimate of drug-likeness (QED) is 0.646. The standard InChI is InChI=1S/C9H11O2/c1-11-9-4-2-3-8(7-9)5-6-10/h2-4,7H,5-6H2,1H3. The van der Waals surface area contributed by atoms with Crippen LogP contribution in [-0.4, -0.2) is 13.7 Å². The van der Waals surface area contributed by atoms with Gasteiger partial charge in [0.1, 0.15) is 5.75 Å². The summed E-state index contributed by atoms with van der Waals surface area (Å²) in [4.78, 5) is 0. The van der Waals surface area contributed by atoms with Gasteiger partial charge in [0.25, 0.3) is 0 Å². The lowest BCUT2D eigenvalue weighted by atomic mass is 10.1. The Morgan fingerprint density at radius 3 is 2.91 bits per heavy atom. The predicted octanol–water partition coefficient (Wildman–Crippen LogP) is 1.67. The zero-order valence-electron chi connectivity index (χ0n) is 6.54. The number of hydrogen-bond acceptors (Lipinski definition) is 1. The van der Waals surface area contributed by atoms with E-state index in [0.29, 0.717) is 6.42 Å². The minimum absolute atomic E-state index is 0.0623. The first-order valence-corrected chi connectivity index (χ1v) is 3.58. The van der Waals surface area contributed by atoms with Gasteiger partial charge in [-0.05, 0) is 24.1 Å². The van der Waals surface area contributed by atoms with E-state index in [9.17, 15) is 5.11 Å². The van der Waals surface area contributed by atoms with E-state index >= 15 is 0 Å². The van der Waals surface area contributed by atoms with Crippen molar-refractivity contribution in [3.05, 3.63) is 29.8 Å². The second kappa shape index (κ2) is 3.98. The molecule has 1 radical (unpaired) electrons. The van der Waals surface area contributed by atoms with Crippen LogP contribution in [0.4, 0.5) is 0 Å². The van der Waals surface area contributed by atoms with Gasteiger partial charge in [-0.3, -0.25) is 0 Å². The van der Waals surface area contributed by atoms with Gasteiger partial charge in [-0.1, -0.05) is 12.1 Å². The highest BCUT2D eigenvalue weighted by molar-refractivity contribution is 5.28. The van der Waals surface area contributed by atoms with Crippen molar-refractivity contribution in [2.45, 2.75) is 6.42 Å². The Balaban J connectivity index is 2.74. The maximum Gasteiger partial charge on any atom is 0.119 e. The van der Waals surface area contributed by atoms with E-state index < -0.39 is 0 Å². The van der Waals surface area contributed by atoms with Gasteiger partial charge >= 0.3 is 0 Å². The zero-order chi connectivity index (χ0) is 8.10. The first kappa shape index (κ1) is 8.08. The molecule has 0 bridgehead atoms. The SMILES string of the molecule is COc1cccc(CC[O])c1. The fourth-order valence-electron chi connectivity index (χ4n) is 0.946. The molecule has 0 saturated carbocycles. The molecule has 0 unspecified atom stereocenters. The summed E-state index contributed by atoms with van der Waals surface area (Å²) in [7, 11) is 1.62. The largest absolute Gasteiger partial charge is 0.497 e. The minimum Gasteiger partial charge on any atom is -0.497 e. The summed E-state index contributed by atoms with van der Waals surface area (Å²) >= 11 is 0. The Morgan fingerprint density at radius 1 is 1.45 bits per heavy atom. The molecular weight excluding hydrogens is 140 g/mol. The summed E-state index contributed by atoms with van der Waals surface area (Å²) in [6.45, 7) is -0.0623. The fraction of sp³-hybridized carbons (Fsp3) is 0.333. The summed E-state index contributed by atoms with van der Waals surface area (Å²) in [6.07, 6.45) is 0.581. The Labute approximate surface area is 66.4 Å². The number of hydrogen-bond donors (Lipinski definition) is 0. The van der Waals surface area contributed by atoms with Crippen LogP contribution in [0.15, 0.2) is 24.3 Å². The lowest BCUT2D eigenvalue weighted by Crippen LogP contribution is -1.90. The van der Waals surface area contributed by atoms with E-state index in [4.69, 9.17) is 4.74 Å². The minimum atomic E-state index is -0.0623. The second-order valence-corrected chi connectivity index (χ2v) is 2.31. The lowest BCUT2D eigenvalue weighted by molar-refractivity contribution is 0.197. The van der Waals surface area contributed by atoms with Crippen LogP contribution in [-0.2, 0) is 11.5 Å². The smallest absolute Gasteiger partial charge is 0.119 e. The summed E-state index contributed by atoms with van der Waals surface area (Å²) in [5.74, 6) is 0.816. The number of benzene rings is 1. The monoisotopic (exact) mass is 151 g/mol. The number of ether oxygens (including phenoxy) is 1. The highest BCUT2D eigenvalue weighted by Crippen LogP contribution is 2.12. The molecule has 0 aromatic heterocycles. The van der Waals surface area contributed by atoms with Crippen molar-refractivity contribution >= 4 is 0 Å². The van der Waals surface area contributed by atoms with Crippen molar-refractivity contribution in [2.24, 2.45) is 0 Å². The van der Waals surface area contributed by atoms with Gasteiger partial charge in [-0.25, -0.2) is 5.11 Å². The van der Waals surface area contributed by atoms with Crippen molar-refractivity contribution in [3.8, 4) is 5.75 Å². The molecular formula is C9H11O2. The van der Waals surface area contributed by atoms with Gasteiger partial charge in [0.15, 0.2) is 0 Å². The van der Waals surface area contributed by atoms with Gasteiger partial charge in [0.05, 0.1) is 13.7 Å². The molecule has 0 aliphatic carbocycles. The van der Waals surface area contributed by atoms with Gasteiger partial charge < -0.3 is 4.74 Å². The predicted molar refractivity (Wildman–Crippen MR) is 42.3 cm³/mol. The molecule has 0 N–H and O–H groups in total. The molecule has 1 aromatic rings. The molecule has 0 heterocycles. The summed E-state index contributed by atoms with van der Waals surface area (Å²) in [6, 6.07) is 7.58. The van der Waals surface area contributed by atoms with Crippen LogP contribution in [0.2, 0.25) is 0 Å². The average Bonchev–Trinajstić information content (AvgIpc) is 2.06. The summed E-state index contributed by atoms with van der Waals surface area (Å²) in [5.41, 5.74) is 1.04. The fourth-order valence-corrected chi connectivity index (χ4v) is 0.946. The van der Waals surface area contributed by atoms with E-state index in [1.54, 1.807) is 7.11 Å². The van der Waals surface area contributed by atoms with E-state index in [1.165, 1.54) is 0 Å². The molecule has 0 fully saturated rings. The molecule has 0 atom stereocenters. The van der Waals surface area contributed by atoms with Crippen molar-refractivity contribution in [3.63, 3.8) is 0 Å².